The van der Waals surface area contributed by atoms with Crippen LogP contribution in [0.25, 0.3) is 11.0 Å². The summed E-state index contributed by atoms with van der Waals surface area (Å²) in [5.41, 5.74) is 4.31. The van der Waals surface area contributed by atoms with Crippen LogP contribution in [0.3, 0.4) is 0 Å². The van der Waals surface area contributed by atoms with E-state index in [0.29, 0.717) is 5.95 Å². The van der Waals surface area contributed by atoms with Crippen molar-refractivity contribution in [2.75, 3.05) is 30.4 Å². The Morgan fingerprint density at radius 1 is 1.07 bits per heavy atom. The van der Waals surface area contributed by atoms with Gasteiger partial charge in [-0.2, -0.15) is 15.1 Å². The normalized spacial score (nSPS) is 12.9. The van der Waals surface area contributed by atoms with Gasteiger partial charge in [-0.05, 0) is 29.7 Å². The van der Waals surface area contributed by atoms with Crippen molar-refractivity contribution in [1.82, 2.24) is 20.2 Å². The highest BCUT2D eigenvalue weighted by atomic mass is 16.5. The summed E-state index contributed by atoms with van der Waals surface area (Å²) >= 11 is 0. The highest BCUT2D eigenvalue weighted by molar-refractivity contribution is 5.91. The SMILES string of the molecule is COc1cccc(CCNc2nc3c4c([nH]nc4n2)CCN3Cc2ccccc2)c1. The van der Waals surface area contributed by atoms with E-state index in [1.165, 1.54) is 11.1 Å². The number of hydrogen-bond acceptors (Lipinski definition) is 6. The average Bonchev–Trinajstić information content (AvgIpc) is 3.20. The molecular formula is C23H24N6O. The van der Waals surface area contributed by atoms with Crippen molar-refractivity contribution >= 4 is 22.8 Å². The second-order valence-corrected chi connectivity index (χ2v) is 7.46. The molecule has 7 nitrogen and oxygen atoms in total. The van der Waals surface area contributed by atoms with Gasteiger partial charge in [-0.15, -0.1) is 0 Å². The van der Waals surface area contributed by atoms with Crippen LogP contribution in [0.4, 0.5) is 11.8 Å². The van der Waals surface area contributed by atoms with Crippen molar-refractivity contribution in [1.29, 1.82) is 0 Å². The van der Waals surface area contributed by atoms with Crippen LogP contribution in [0.2, 0.25) is 0 Å². The van der Waals surface area contributed by atoms with Crippen molar-refractivity contribution in [3.8, 4) is 5.75 Å². The monoisotopic (exact) mass is 400 g/mol. The third-order valence-corrected chi connectivity index (χ3v) is 5.45. The fourth-order valence-corrected chi connectivity index (χ4v) is 3.91. The molecule has 5 rings (SSSR count). The fourth-order valence-electron chi connectivity index (χ4n) is 3.91. The highest BCUT2D eigenvalue weighted by Crippen LogP contribution is 2.32. The smallest absolute Gasteiger partial charge is 0.226 e. The molecule has 1 aliphatic heterocycles. The number of anilines is 2. The summed E-state index contributed by atoms with van der Waals surface area (Å²) in [5.74, 6) is 2.43. The van der Waals surface area contributed by atoms with E-state index < -0.39 is 0 Å². The summed E-state index contributed by atoms with van der Waals surface area (Å²) in [6.07, 6.45) is 1.77. The fraction of sp³-hybridized carbons (Fsp3) is 0.261. The molecule has 3 heterocycles. The summed E-state index contributed by atoms with van der Waals surface area (Å²) in [5, 5.41) is 12.0. The molecule has 0 aliphatic carbocycles. The predicted molar refractivity (Wildman–Crippen MR) is 118 cm³/mol. The van der Waals surface area contributed by atoms with Crippen LogP contribution >= 0.6 is 0 Å². The Balaban J connectivity index is 1.36. The Morgan fingerprint density at radius 3 is 2.80 bits per heavy atom. The van der Waals surface area contributed by atoms with Crippen molar-refractivity contribution in [2.45, 2.75) is 19.4 Å². The number of benzene rings is 2. The minimum absolute atomic E-state index is 0.610. The number of ether oxygens (including phenoxy) is 1. The van der Waals surface area contributed by atoms with E-state index in [-0.39, 0.29) is 0 Å². The van der Waals surface area contributed by atoms with Crippen molar-refractivity contribution < 1.29 is 4.74 Å². The molecule has 4 aromatic rings. The van der Waals surface area contributed by atoms with Crippen molar-refractivity contribution in [3.05, 3.63) is 71.4 Å². The van der Waals surface area contributed by atoms with Gasteiger partial charge < -0.3 is 15.0 Å². The molecule has 0 unspecified atom stereocenters. The van der Waals surface area contributed by atoms with Gasteiger partial charge >= 0.3 is 0 Å². The Kier molecular flexibility index (Phi) is 4.93. The first-order valence-corrected chi connectivity index (χ1v) is 10.2. The zero-order valence-corrected chi connectivity index (χ0v) is 16.9. The van der Waals surface area contributed by atoms with E-state index in [4.69, 9.17) is 9.72 Å². The van der Waals surface area contributed by atoms with Crippen LogP contribution in [0.5, 0.6) is 5.75 Å². The molecule has 2 aromatic carbocycles. The lowest BCUT2D eigenvalue weighted by Crippen LogP contribution is -2.29. The van der Waals surface area contributed by atoms with Gasteiger partial charge in [0.2, 0.25) is 5.95 Å². The standard InChI is InChI=1S/C23H24N6O/c1-30-18-9-5-8-16(14-18)10-12-24-23-25-21-20-19(27-28-21)11-13-29(22(20)26-23)15-17-6-3-2-4-7-17/h2-9,14H,10-13,15H2,1H3,(H2,24,25,26,27,28). The van der Waals surface area contributed by atoms with Gasteiger partial charge in [0.1, 0.15) is 11.6 Å². The van der Waals surface area contributed by atoms with E-state index in [2.05, 4.69) is 61.8 Å². The zero-order valence-electron chi connectivity index (χ0n) is 16.9. The van der Waals surface area contributed by atoms with Crippen LogP contribution in [0, 0.1) is 0 Å². The van der Waals surface area contributed by atoms with Gasteiger partial charge in [-0.25, -0.2) is 0 Å². The zero-order chi connectivity index (χ0) is 20.3. The molecule has 2 aromatic heterocycles. The van der Waals surface area contributed by atoms with Crippen LogP contribution in [0.15, 0.2) is 54.6 Å². The first-order chi connectivity index (χ1) is 14.8. The first-order valence-electron chi connectivity index (χ1n) is 10.2. The molecular weight excluding hydrogens is 376 g/mol. The summed E-state index contributed by atoms with van der Waals surface area (Å²) in [7, 11) is 1.69. The van der Waals surface area contributed by atoms with E-state index in [1.54, 1.807) is 7.11 Å². The molecule has 0 bridgehead atoms. The Labute approximate surface area is 175 Å². The lowest BCUT2D eigenvalue weighted by molar-refractivity contribution is 0.414. The maximum atomic E-state index is 5.30. The van der Waals surface area contributed by atoms with E-state index in [9.17, 15) is 0 Å². The third-order valence-electron chi connectivity index (χ3n) is 5.45. The van der Waals surface area contributed by atoms with Gasteiger partial charge in [-0.3, -0.25) is 5.10 Å². The number of nitrogens with one attached hydrogen (secondary N) is 2. The third kappa shape index (κ3) is 3.66. The number of aromatic amines is 1. The maximum Gasteiger partial charge on any atom is 0.226 e. The van der Waals surface area contributed by atoms with Gasteiger partial charge in [-0.1, -0.05) is 42.5 Å². The van der Waals surface area contributed by atoms with Crippen LogP contribution in [-0.2, 0) is 19.4 Å². The predicted octanol–water partition coefficient (Wildman–Crippen LogP) is 3.58. The summed E-state index contributed by atoms with van der Waals surface area (Å²) in [6, 6.07) is 18.6. The number of nitrogens with zero attached hydrogens (tertiary/aromatic N) is 4. The average molecular weight is 400 g/mol. The number of hydrogen-bond donors (Lipinski definition) is 2. The topological polar surface area (TPSA) is 79.0 Å². The number of H-pyrrole nitrogens is 1. The number of aromatic nitrogens is 4. The van der Waals surface area contributed by atoms with Crippen molar-refractivity contribution in [2.24, 2.45) is 0 Å². The Hall–Kier alpha value is -3.61. The molecule has 2 N–H and O–H groups in total. The molecule has 1 aliphatic rings. The van der Waals surface area contributed by atoms with E-state index in [1.807, 2.05) is 18.2 Å². The second-order valence-electron chi connectivity index (χ2n) is 7.46. The summed E-state index contributed by atoms with van der Waals surface area (Å²) < 4.78 is 5.30. The largest absolute Gasteiger partial charge is 0.497 e. The number of methoxy groups -OCH3 is 1. The first kappa shape index (κ1) is 18.4. The minimum Gasteiger partial charge on any atom is -0.497 e. The lowest BCUT2D eigenvalue weighted by Gasteiger charge is -2.28. The molecule has 30 heavy (non-hydrogen) atoms. The Bertz CT molecular complexity index is 1160. The minimum atomic E-state index is 0.610. The molecule has 0 saturated carbocycles. The summed E-state index contributed by atoms with van der Waals surface area (Å²) in [4.78, 5) is 11.8. The molecule has 0 atom stereocenters. The molecule has 152 valence electrons. The van der Waals surface area contributed by atoms with Crippen molar-refractivity contribution in [3.63, 3.8) is 0 Å². The van der Waals surface area contributed by atoms with Crippen LogP contribution in [-0.4, -0.2) is 40.4 Å². The summed E-state index contributed by atoms with van der Waals surface area (Å²) in [6.45, 7) is 2.45. The van der Waals surface area contributed by atoms with Gasteiger partial charge in [0.05, 0.1) is 18.2 Å². The van der Waals surface area contributed by atoms with Crippen LogP contribution in [0.1, 0.15) is 16.8 Å². The molecule has 0 radical (unpaired) electrons. The quantitative estimate of drug-likeness (QED) is 0.494. The molecule has 0 spiro atoms. The molecule has 7 heteroatoms. The Morgan fingerprint density at radius 2 is 1.93 bits per heavy atom. The molecule has 0 fully saturated rings. The van der Waals surface area contributed by atoms with E-state index in [0.717, 1.165) is 60.8 Å². The molecule has 0 saturated heterocycles. The lowest BCUT2D eigenvalue weighted by atomic mass is 10.1. The van der Waals surface area contributed by atoms with Crippen LogP contribution < -0.4 is 15.0 Å². The van der Waals surface area contributed by atoms with E-state index >= 15 is 0 Å². The number of rotatable bonds is 7. The van der Waals surface area contributed by atoms with Gasteiger partial charge in [0, 0.05) is 26.1 Å². The second kappa shape index (κ2) is 8.02. The van der Waals surface area contributed by atoms with Gasteiger partial charge in [0.25, 0.3) is 0 Å². The maximum absolute atomic E-state index is 5.30. The molecule has 0 amide bonds. The highest BCUT2D eigenvalue weighted by Gasteiger charge is 2.24. The van der Waals surface area contributed by atoms with Gasteiger partial charge in [0.15, 0.2) is 5.65 Å².